The summed E-state index contributed by atoms with van der Waals surface area (Å²) in [5.41, 5.74) is 2.30. The molecule has 30 heavy (non-hydrogen) atoms. The van der Waals surface area contributed by atoms with Gasteiger partial charge in [-0.25, -0.2) is 8.42 Å². The Morgan fingerprint density at radius 2 is 1.67 bits per heavy atom. The number of unbranched alkanes of at least 4 members (excludes halogenated alkanes) is 1. The molecule has 1 N–H and O–H groups in total. The largest absolute Gasteiger partial charge is 0.494 e. The Morgan fingerprint density at radius 1 is 1.03 bits per heavy atom. The lowest BCUT2D eigenvalue weighted by molar-refractivity contribution is -0.117. The van der Waals surface area contributed by atoms with Gasteiger partial charge < -0.3 is 10.1 Å². The van der Waals surface area contributed by atoms with Crippen molar-refractivity contribution in [2.75, 3.05) is 22.5 Å². The van der Waals surface area contributed by atoms with Crippen LogP contribution in [0.15, 0.2) is 48.5 Å². The Balaban J connectivity index is 2.22. The molecule has 1 atom stereocenters. The molecule has 2 aromatic rings. The van der Waals surface area contributed by atoms with Crippen LogP contribution in [0.4, 0.5) is 11.4 Å². The van der Waals surface area contributed by atoms with E-state index in [1.165, 1.54) is 9.87 Å². The molecule has 0 aromatic heterocycles. The summed E-state index contributed by atoms with van der Waals surface area (Å²) in [6.07, 6.45) is 4.70. The van der Waals surface area contributed by atoms with Gasteiger partial charge in [0.1, 0.15) is 11.8 Å². The van der Waals surface area contributed by atoms with Crippen LogP contribution in [0.2, 0.25) is 0 Å². The van der Waals surface area contributed by atoms with Crippen LogP contribution < -0.4 is 14.4 Å². The number of nitrogens with zero attached hydrogens (tertiary/aromatic N) is 1. The summed E-state index contributed by atoms with van der Waals surface area (Å²) in [5.74, 6) is 0.286. The molecule has 0 heterocycles. The van der Waals surface area contributed by atoms with Crippen molar-refractivity contribution < 1.29 is 17.9 Å². The van der Waals surface area contributed by atoms with Crippen molar-refractivity contribution in [3.63, 3.8) is 0 Å². The second-order valence-corrected chi connectivity index (χ2v) is 9.06. The number of amides is 1. The Bertz CT molecular complexity index is 909. The van der Waals surface area contributed by atoms with Crippen LogP contribution in [0, 0.1) is 0 Å². The summed E-state index contributed by atoms with van der Waals surface area (Å²) in [5, 5.41) is 2.86. The van der Waals surface area contributed by atoms with E-state index in [1.807, 2.05) is 31.2 Å². The number of carbonyl (C=O) groups excluding carboxylic acids is 1. The molecule has 7 heteroatoms. The summed E-state index contributed by atoms with van der Waals surface area (Å²) in [6.45, 7) is 6.35. The maximum Gasteiger partial charge on any atom is 0.248 e. The third-order valence-corrected chi connectivity index (χ3v) is 5.95. The highest BCUT2D eigenvalue weighted by molar-refractivity contribution is 7.92. The van der Waals surface area contributed by atoms with Crippen molar-refractivity contribution in [3.05, 3.63) is 54.1 Å². The van der Waals surface area contributed by atoms with Gasteiger partial charge in [-0.3, -0.25) is 9.10 Å². The summed E-state index contributed by atoms with van der Waals surface area (Å²) in [4.78, 5) is 13.0. The number of anilines is 2. The molecule has 0 saturated heterocycles. The Hall–Kier alpha value is -2.54. The Kier molecular flexibility index (Phi) is 8.72. The summed E-state index contributed by atoms with van der Waals surface area (Å²) in [7, 11) is -3.68. The molecule has 164 valence electrons. The van der Waals surface area contributed by atoms with Gasteiger partial charge in [0.25, 0.3) is 0 Å². The summed E-state index contributed by atoms with van der Waals surface area (Å²) < 4.78 is 31.7. The van der Waals surface area contributed by atoms with E-state index in [-0.39, 0.29) is 5.91 Å². The fraction of sp³-hybridized carbons (Fsp3) is 0.435. The van der Waals surface area contributed by atoms with Gasteiger partial charge in [0.15, 0.2) is 0 Å². The normalized spacial score (nSPS) is 12.3. The van der Waals surface area contributed by atoms with E-state index >= 15 is 0 Å². The van der Waals surface area contributed by atoms with Gasteiger partial charge >= 0.3 is 0 Å². The highest BCUT2D eigenvalue weighted by atomic mass is 32.2. The van der Waals surface area contributed by atoms with E-state index in [0.717, 1.165) is 25.5 Å². The first kappa shape index (κ1) is 23.7. The van der Waals surface area contributed by atoms with Gasteiger partial charge in [-0.05, 0) is 68.1 Å². The molecule has 0 saturated carbocycles. The molecule has 0 spiro atoms. The van der Waals surface area contributed by atoms with Gasteiger partial charge in [0.2, 0.25) is 15.9 Å². The number of ether oxygens (including phenoxy) is 1. The Morgan fingerprint density at radius 3 is 2.17 bits per heavy atom. The second-order valence-electron chi connectivity index (χ2n) is 7.20. The number of nitrogens with one attached hydrogen (secondary N) is 1. The predicted octanol–water partition coefficient (Wildman–Crippen LogP) is 4.61. The van der Waals surface area contributed by atoms with Gasteiger partial charge in [0, 0.05) is 5.69 Å². The minimum Gasteiger partial charge on any atom is -0.494 e. The predicted molar refractivity (Wildman–Crippen MR) is 123 cm³/mol. The molecule has 0 aliphatic carbocycles. The topological polar surface area (TPSA) is 75.7 Å². The fourth-order valence-corrected chi connectivity index (χ4v) is 4.49. The quantitative estimate of drug-likeness (QED) is 0.562. The van der Waals surface area contributed by atoms with Crippen molar-refractivity contribution in [1.29, 1.82) is 0 Å². The molecule has 0 bridgehead atoms. The monoisotopic (exact) mass is 432 g/mol. The van der Waals surface area contributed by atoms with Gasteiger partial charge in [-0.15, -0.1) is 0 Å². The molecule has 0 aliphatic heterocycles. The van der Waals surface area contributed by atoms with E-state index in [2.05, 4.69) is 12.2 Å². The molecule has 0 radical (unpaired) electrons. The van der Waals surface area contributed by atoms with Crippen LogP contribution in [0.3, 0.4) is 0 Å². The zero-order valence-corrected chi connectivity index (χ0v) is 19.0. The van der Waals surface area contributed by atoms with E-state index in [1.54, 1.807) is 31.2 Å². The molecule has 2 rings (SSSR count). The maximum atomic E-state index is 13.0. The first-order valence-electron chi connectivity index (χ1n) is 10.4. The minimum atomic E-state index is -3.68. The highest BCUT2D eigenvalue weighted by Gasteiger charge is 2.31. The highest BCUT2D eigenvalue weighted by Crippen LogP contribution is 2.26. The molecule has 0 aliphatic rings. The first-order valence-corrected chi connectivity index (χ1v) is 12.3. The van der Waals surface area contributed by atoms with Crippen LogP contribution in [-0.2, 0) is 21.2 Å². The lowest BCUT2D eigenvalue weighted by Crippen LogP contribution is -2.47. The SMILES string of the molecule is CCCCc1ccc(NC(=O)[C@@H](CC)N(c2ccc(OCC)cc2)S(C)(=O)=O)cc1. The van der Waals surface area contributed by atoms with Gasteiger partial charge in [-0.1, -0.05) is 32.4 Å². The molecule has 0 unspecified atom stereocenters. The number of hydrogen-bond acceptors (Lipinski definition) is 4. The summed E-state index contributed by atoms with van der Waals surface area (Å²) in [6, 6.07) is 13.6. The molecule has 0 fully saturated rings. The molecular weight excluding hydrogens is 400 g/mol. The Labute approximate surface area is 180 Å². The van der Waals surface area contributed by atoms with E-state index < -0.39 is 16.1 Å². The fourth-order valence-electron chi connectivity index (χ4n) is 3.28. The van der Waals surface area contributed by atoms with Crippen LogP contribution >= 0.6 is 0 Å². The minimum absolute atomic E-state index is 0.334. The van der Waals surface area contributed by atoms with Crippen molar-refractivity contribution in [3.8, 4) is 5.75 Å². The van der Waals surface area contributed by atoms with Crippen molar-refractivity contribution in [2.24, 2.45) is 0 Å². The standard InChI is InChI=1S/C23H32N2O4S/c1-5-8-9-18-10-12-19(13-11-18)24-23(26)22(6-2)25(30(4,27)28)20-14-16-21(17-15-20)29-7-3/h10-17,22H,5-9H2,1-4H3,(H,24,26)/t22-/m1/s1. The van der Waals surface area contributed by atoms with E-state index in [9.17, 15) is 13.2 Å². The van der Waals surface area contributed by atoms with Gasteiger partial charge in [-0.2, -0.15) is 0 Å². The van der Waals surface area contributed by atoms with Crippen LogP contribution in [0.25, 0.3) is 0 Å². The average Bonchev–Trinajstić information content (AvgIpc) is 2.71. The van der Waals surface area contributed by atoms with E-state index in [4.69, 9.17) is 4.74 Å². The molecule has 2 aromatic carbocycles. The van der Waals surface area contributed by atoms with Crippen molar-refractivity contribution >= 4 is 27.3 Å². The third-order valence-electron chi connectivity index (χ3n) is 4.77. The zero-order valence-electron chi connectivity index (χ0n) is 18.2. The lowest BCUT2D eigenvalue weighted by atomic mass is 10.1. The third kappa shape index (κ3) is 6.49. The number of benzene rings is 2. The smallest absolute Gasteiger partial charge is 0.248 e. The molecule has 6 nitrogen and oxygen atoms in total. The number of carbonyl (C=O) groups is 1. The van der Waals surface area contributed by atoms with Crippen LogP contribution in [0.5, 0.6) is 5.75 Å². The molecule has 1 amide bonds. The van der Waals surface area contributed by atoms with Crippen molar-refractivity contribution in [2.45, 2.75) is 52.5 Å². The number of rotatable bonds is 11. The number of sulfonamides is 1. The van der Waals surface area contributed by atoms with Crippen molar-refractivity contribution in [1.82, 2.24) is 0 Å². The zero-order chi connectivity index (χ0) is 22.1. The number of aryl methyl sites for hydroxylation is 1. The maximum absolute atomic E-state index is 13.0. The average molecular weight is 433 g/mol. The molecular formula is C23H32N2O4S. The number of hydrogen-bond donors (Lipinski definition) is 1. The lowest BCUT2D eigenvalue weighted by Gasteiger charge is -2.30. The first-order chi connectivity index (χ1) is 14.3. The van der Waals surface area contributed by atoms with E-state index in [0.29, 0.717) is 30.2 Å². The second kappa shape index (κ2) is 11.0. The van der Waals surface area contributed by atoms with Crippen LogP contribution in [-0.4, -0.2) is 33.2 Å². The van der Waals surface area contributed by atoms with Crippen LogP contribution in [0.1, 0.15) is 45.6 Å². The van der Waals surface area contributed by atoms with Gasteiger partial charge in [0.05, 0.1) is 18.6 Å². The summed E-state index contributed by atoms with van der Waals surface area (Å²) >= 11 is 0.